The zero-order valence-electron chi connectivity index (χ0n) is 6.14. The Kier molecular flexibility index (Phi) is 3.36. The Morgan fingerprint density at radius 2 is 2.17 bits per heavy atom. The molecule has 1 aromatic rings. The van der Waals surface area contributed by atoms with Crippen molar-refractivity contribution in [2.45, 2.75) is 0 Å². The molecule has 0 spiro atoms. The Morgan fingerprint density at radius 3 is 2.75 bits per heavy atom. The number of nitrogens with two attached hydrogens (primary N) is 1. The maximum Gasteiger partial charge on any atom is 0.146 e. The molecule has 2 nitrogen and oxygen atoms in total. The maximum absolute atomic E-state index is 5.73. The summed E-state index contributed by atoms with van der Waals surface area (Å²) in [4.78, 5) is 3.81. The molecule has 0 bridgehead atoms. The van der Waals surface area contributed by atoms with E-state index < -0.39 is 0 Å². The number of aromatic nitrogens is 1. The van der Waals surface area contributed by atoms with E-state index in [0.717, 1.165) is 0 Å². The summed E-state index contributed by atoms with van der Waals surface area (Å²) in [6.45, 7) is 0.305. The number of hydrogen-bond donors (Lipinski definition) is 1. The van der Waals surface area contributed by atoms with E-state index in [1.807, 2.05) is 0 Å². The molecular weight excluding hydrogens is 195 g/mol. The zero-order chi connectivity index (χ0) is 8.97. The van der Waals surface area contributed by atoms with Gasteiger partial charge in [-0.2, -0.15) is 0 Å². The molecule has 0 aliphatic heterocycles. The van der Waals surface area contributed by atoms with E-state index in [4.69, 9.17) is 28.9 Å². The van der Waals surface area contributed by atoms with Gasteiger partial charge in [-0.1, -0.05) is 35.0 Å². The number of rotatable bonds is 0. The summed E-state index contributed by atoms with van der Waals surface area (Å²) in [5.74, 6) is 5.45. The first-order chi connectivity index (χ1) is 5.74. The fraction of sp³-hybridized carbons (Fsp3) is 0.125. The van der Waals surface area contributed by atoms with Gasteiger partial charge >= 0.3 is 0 Å². The van der Waals surface area contributed by atoms with Crippen LogP contribution >= 0.6 is 23.2 Å². The molecule has 1 heterocycles. The fourth-order valence-corrected chi connectivity index (χ4v) is 1.04. The van der Waals surface area contributed by atoms with Crippen molar-refractivity contribution in [1.82, 2.24) is 4.98 Å². The van der Waals surface area contributed by atoms with Crippen molar-refractivity contribution < 1.29 is 0 Å². The highest BCUT2D eigenvalue weighted by atomic mass is 35.5. The quantitative estimate of drug-likeness (QED) is 0.512. The Balaban J connectivity index is 3.01. The van der Waals surface area contributed by atoms with E-state index in [9.17, 15) is 0 Å². The van der Waals surface area contributed by atoms with Gasteiger partial charge in [0.2, 0.25) is 0 Å². The van der Waals surface area contributed by atoms with Crippen molar-refractivity contribution in [3.8, 4) is 11.8 Å². The van der Waals surface area contributed by atoms with E-state index in [-0.39, 0.29) is 0 Å². The summed E-state index contributed by atoms with van der Waals surface area (Å²) in [5.41, 5.74) is 5.84. The summed E-state index contributed by atoms with van der Waals surface area (Å²) in [7, 11) is 0. The van der Waals surface area contributed by atoms with Crippen LogP contribution in [-0.2, 0) is 0 Å². The molecule has 0 fully saturated rings. The minimum absolute atomic E-state index is 0.305. The van der Waals surface area contributed by atoms with E-state index in [1.165, 1.54) is 0 Å². The van der Waals surface area contributed by atoms with Gasteiger partial charge in [0, 0.05) is 0 Å². The van der Waals surface area contributed by atoms with E-state index in [0.29, 0.717) is 22.4 Å². The predicted molar refractivity (Wildman–Crippen MR) is 50.2 cm³/mol. The molecule has 4 heteroatoms. The van der Waals surface area contributed by atoms with Crippen LogP contribution in [-0.4, -0.2) is 11.5 Å². The Bertz CT molecular complexity index is 339. The minimum atomic E-state index is 0.305. The highest BCUT2D eigenvalue weighted by molar-refractivity contribution is 6.33. The van der Waals surface area contributed by atoms with Gasteiger partial charge in [-0.05, 0) is 12.1 Å². The van der Waals surface area contributed by atoms with Gasteiger partial charge in [0.25, 0.3) is 0 Å². The van der Waals surface area contributed by atoms with Crippen LogP contribution in [0.15, 0.2) is 12.1 Å². The summed E-state index contributed by atoms with van der Waals surface area (Å²) in [5, 5.41) is 0.668. The normalized spacial score (nSPS) is 8.92. The zero-order valence-corrected chi connectivity index (χ0v) is 7.65. The lowest BCUT2D eigenvalue weighted by molar-refractivity contribution is 1.29. The first kappa shape index (κ1) is 9.34. The molecule has 1 aromatic heterocycles. The van der Waals surface area contributed by atoms with Gasteiger partial charge in [-0.25, -0.2) is 4.98 Å². The maximum atomic E-state index is 5.73. The molecule has 0 aromatic carbocycles. The highest BCUT2D eigenvalue weighted by Crippen LogP contribution is 2.14. The number of hydrogen-bond acceptors (Lipinski definition) is 2. The van der Waals surface area contributed by atoms with E-state index in [1.54, 1.807) is 12.1 Å². The molecule has 2 N–H and O–H groups in total. The smallest absolute Gasteiger partial charge is 0.146 e. The molecule has 0 amide bonds. The Labute approximate surface area is 80.7 Å². The largest absolute Gasteiger partial charge is 0.320 e. The molecular formula is C8H6Cl2N2. The number of halogens is 2. The van der Waals surface area contributed by atoms with Crippen LogP contribution in [0.5, 0.6) is 0 Å². The van der Waals surface area contributed by atoms with Crippen molar-refractivity contribution in [3.63, 3.8) is 0 Å². The average molecular weight is 201 g/mol. The van der Waals surface area contributed by atoms with Crippen LogP contribution < -0.4 is 5.73 Å². The monoisotopic (exact) mass is 200 g/mol. The van der Waals surface area contributed by atoms with Gasteiger partial charge in [-0.3, -0.25) is 0 Å². The van der Waals surface area contributed by atoms with E-state index in [2.05, 4.69) is 16.8 Å². The van der Waals surface area contributed by atoms with Crippen LogP contribution in [0.4, 0.5) is 0 Å². The summed E-state index contributed by atoms with van der Waals surface area (Å²) in [6.07, 6.45) is 0. The second-order valence-corrected chi connectivity index (χ2v) is 2.72. The molecule has 0 saturated carbocycles. The predicted octanol–water partition coefficient (Wildman–Crippen LogP) is 1.70. The first-order valence-corrected chi connectivity index (χ1v) is 4.00. The van der Waals surface area contributed by atoms with Crippen molar-refractivity contribution in [2.24, 2.45) is 5.73 Å². The fourth-order valence-electron chi connectivity index (χ4n) is 0.652. The Hall–Kier alpha value is -0.750. The summed E-state index contributed by atoms with van der Waals surface area (Å²) < 4.78 is 0. The Morgan fingerprint density at radius 1 is 1.42 bits per heavy atom. The SMILES string of the molecule is NCC#Cc1ccc(Cl)nc1Cl. The van der Waals surface area contributed by atoms with Crippen LogP contribution in [0.25, 0.3) is 0 Å². The van der Waals surface area contributed by atoms with Crippen LogP contribution in [0, 0.1) is 11.8 Å². The van der Waals surface area contributed by atoms with Gasteiger partial charge in [-0.15, -0.1) is 0 Å². The summed E-state index contributed by atoms with van der Waals surface area (Å²) in [6, 6.07) is 3.34. The lowest BCUT2D eigenvalue weighted by Gasteiger charge is -1.93. The van der Waals surface area contributed by atoms with Gasteiger partial charge in [0.15, 0.2) is 0 Å². The first-order valence-electron chi connectivity index (χ1n) is 3.25. The molecule has 12 heavy (non-hydrogen) atoms. The molecule has 0 aliphatic carbocycles. The van der Waals surface area contributed by atoms with Crippen LogP contribution in [0.1, 0.15) is 5.56 Å². The summed E-state index contributed by atoms with van der Waals surface area (Å²) >= 11 is 11.3. The third-order valence-corrected chi connectivity index (χ3v) is 1.64. The minimum Gasteiger partial charge on any atom is -0.320 e. The average Bonchev–Trinajstić information content (AvgIpc) is 2.03. The molecule has 0 unspecified atom stereocenters. The van der Waals surface area contributed by atoms with Crippen LogP contribution in [0.3, 0.4) is 0 Å². The van der Waals surface area contributed by atoms with Crippen molar-refractivity contribution in [1.29, 1.82) is 0 Å². The number of nitrogens with zero attached hydrogens (tertiary/aromatic N) is 1. The van der Waals surface area contributed by atoms with Crippen LogP contribution in [0.2, 0.25) is 10.3 Å². The molecule has 62 valence electrons. The highest BCUT2D eigenvalue weighted by Gasteiger charge is 1.97. The second kappa shape index (κ2) is 4.32. The van der Waals surface area contributed by atoms with Crippen molar-refractivity contribution in [3.05, 3.63) is 28.0 Å². The third-order valence-electron chi connectivity index (χ3n) is 1.14. The standard InChI is InChI=1S/C8H6Cl2N2/c9-7-4-3-6(2-1-5-11)8(10)12-7/h3-4H,5,11H2. The molecule has 1 rings (SSSR count). The molecule has 0 saturated heterocycles. The second-order valence-electron chi connectivity index (χ2n) is 1.98. The lowest BCUT2D eigenvalue weighted by Crippen LogP contribution is -1.93. The molecule has 0 aliphatic rings. The van der Waals surface area contributed by atoms with Gasteiger partial charge < -0.3 is 5.73 Å². The molecule has 0 radical (unpaired) electrons. The number of pyridine rings is 1. The topological polar surface area (TPSA) is 38.9 Å². The molecule has 0 atom stereocenters. The third kappa shape index (κ3) is 2.38. The van der Waals surface area contributed by atoms with E-state index >= 15 is 0 Å². The van der Waals surface area contributed by atoms with Gasteiger partial charge in [0.1, 0.15) is 10.3 Å². The van der Waals surface area contributed by atoms with Crippen molar-refractivity contribution in [2.75, 3.05) is 6.54 Å². The van der Waals surface area contributed by atoms with Crippen molar-refractivity contribution >= 4 is 23.2 Å². The van der Waals surface area contributed by atoms with Gasteiger partial charge in [0.05, 0.1) is 12.1 Å². The lowest BCUT2D eigenvalue weighted by atomic mass is 10.3.